The maximum atomic E-state index is 13.3. The fourth-order valence-corrected chi connectivity index (χ4v) is 5.79. The monoisotopic (exact) mass is 657 g/mol. The number of aromatic nitrogens is 1. The summed E-state index contributed by atoms with van der Waals surface area (Å²) in [4.78, 5) is 32.4. The summed E-state index contributed by atoms with van der Waals surface area (Å²) in [5.41, 5.74) is 5.08. The van der Waals surface area contributed by atoms with Crippen LogP contribution in [0.3, 0.4) is 0 Å². The van der Waals surface area contributed by atoms with Crippen LogP contribution in [0.15, 0.2) is 65.0 Å². The van der Waals surface area contributed by atoms with Gasteiger partial charge in [0.05, 0.1) is 50.2 Å². The van der Waals surface area contributed by atoms with Gasteiger partial charge in [-0.2, -0.15) is 0 Å². The summed E-state index contributed by atoms with van der Waals surface area (Å²) in [5.74, 6) is -0.449. The Kier molecular flexibility index (Phi) is 11.2. The predicted molar refractivity (Wildman–Crippen MR) is 170 cm³/mol. The molecule has 42 heavy (non-hydrogen) atoms. The highest BCUT2D eigenvalue weighted by Gasteiger charge is 2.39. The first-order valence-electron chi connectivity index (χ1n) is 13.3. The zero-order chi connectivity index (χ0) is 29.7. The van der Waals surface area contributed by atoms with E-state index in [1.165, 1.54) is 11.3 Å². The lowest BCUT2D eigenvalue weighted by Crippen LogP contribution is -2.32. The molecule has 0 fully saturated rings. The number of para-hydroxylation sites is 1. The van der Waals surface area contributed by atoms with Gasteiger partial charge in [0.15, 0.2) is 16.6 Å². The van der Waals surface area contributed by atoms with Crippen LogP contribution >= 0.6 is 28.3 Å². The molecule has 9 nitrogen and oxygen atoms in total. The summed E-state index contributed by atoms with van der Waals surface area (Å²) in [7, 11) is 3.20. The highest BCUT2D eigenvalue weighted by molar-refractivity contribution is 8.93. The van der Waals surface area contributed by atoms with Crippen LogP contribution < -0.4 is 20.1 Å². The van der Waals surface area contributed by atoms with Crippen LogP contribution in [0.5, 0.6) is 11.5 Å². The Bertz CT molecular complexity index is 1490. The minimum absolute atomic E-state index is 0. The van der Waals surface area contributed by atoms with Crippen LogP contribution in [-0.4, -0.2) is 44.4 Å². The van der Waals surface area contributed by atoms with Gasteiger partial charge in [-0.05, 0) is 64.4 Å². The van der Waals surface area contributed by atoms with Crippen molar-refractivity contribution in [3.63, 3.8) is 0 Å². The molecule has 1 aliphatic heterocycles. The smallest absolute Gasteiger partial charge is 0.336 e. The second-order valence-corrected chi connectivity index (χ2v) is 10.5. The van der Waals surface area contributed by atoms with Crippen LogP contribution in [0, 0.1) is 6.92 Å². The van der Waals surface area contributed by atoms with Gasteiger partial charge in [0.2, 0.25) is 0 Å². The SMILES string of the molecule is Br.CCOC(=O)C1=C(C)NC(C)=C(C(=O)OCC)C1c1ccccc1Nc1nc(-c2ccc(OC)c(OC)c2)c(C)s1. The van der Waals surface area contributed by atoms with Crippen LogP contribution in [-0.2, 0) is 19.1 Å². The van der Waals surface area contributed by atoms with Gasteiger partial charge in [-0.15, -0.1) is 28.3 Å². The van der Waals surface area contributed by atoms with E-state index in [0.717, 1.165) is 21.7 Å². The average molecular weight is 659 g/mol. The molecule has 0 saturated heterocycles. The molecule has 4 rings (SSSR count). The Morgan fingerprint density at radius 2 is 1.50 bits per heavy atom. The van der Waals surface area contributed by atoms with Crippen molar-refractivity contribution in [2.75, 3.05) is 32.8 Å². The number of nitrogens with one attached hydrogen (secondary N) is 2. The molecule has 1 aromatic heterocycles. The van der Waals surface area contributed by atoms with Crippen molar-refractivity contribution in [1.82, 2.24) is 10.3 Å². The van der Waals surface area contributed by atoms with E-state index in [-0.39, 0.29) is 30.2 Å². The molecule has 2 heterocycles. The third-order valence-corrected chi connectivity index (χ3v) is 7.60. The molecule has 0 bridgehead atoms. The molecule has 0 atom stereocenters. The Balaban J connectivity index is 0.00000484. The Labute approximate surface area is 260 Å². The number of dihydropyridines is 1. The first kappa shape index (κ1) is 32.7. The molecule has 1 aliphatic rings. The number of hydrogen-bond acceptors (Lipinski definition) is 10. The Morgan fingerprint density at radius 1 is 0.905 bits per heavy atom. The number of hydrogen-bond donors (Lipinski definition) is 2. The van der Waals surface area contributed by atoms with Gasteiger partial charge in [-0.3, -0.25) is 0 Å². The lowest BCUT2D eigenvalue weighted by molar-refractivity contribution is -0.139. The molecule has 3 aromatic rings. The molecular weight excluding hydrogens is 622 g/mol. The van der Waals surface area contributed by atoms with E-state index in [2.05, 4.69) is 10.6 Å². The Morgan fingerprint density at radius 3 is 2.07 bits per heavy atom. The van der Waals surface area contributed by atoms with E-state index in [1.807, 2.05) is 49.4 Å². The van der Waals surface area contributed by atoms with Gasteiger partial charge >= 0.3 is 11.9 Å². The third kappa shape index (κ3) is 6.63. The molecule has 0 aliphatic carbocycles. The van der Waals surface area contributed by atoms with E-state index < -0.39 is 17.9 Å². The first-order chi connectivity index (χ1) is 19.7. The second-order valence-electron chi connectivity index (χ2n) is 9.28. The second kappa shape index (κ2) is 14.4. The molecule has 0 amide bonds. The quantitative estimate of drug-likeness (QED) is 0.227. The maximum Gasteiger partial charge on any atom is 0.336 e. The van der Waals surface area contributed by atoms with E-state index in [4.69, 9.17) is 23.9 Å². The lowest BCUT2D eigenvalue weighted by atomic mass is 9.79. The van der Waals surface area contributed by atoms with Crippen molar-refractivity contribution < 1.29 is 28.5 Å². The standard InChI is InChI=1S/C31H35N3O6S.BrH/c1-8-39-29(35)25-17(3)32-18(4)26(30(36)40-9-2)27(25)21-12-10-11-13-22(21)33-31-34-28(19(5)41-31)20-14-15-23(37-6)24(16-20)38-7;/h10-16,27,32H,8-9H2,1-7H3,(H,33,34);1H. The number of methoxy groups -OCH3 is 2. The first-order valence-corrected chi connectivity index (χ1v) is 14.1. The van der Waals surface area contributed by atoms with E-state index in [0.29, 0.717) is 44.9 Å². The number of rotatable bonds is 10. The van der Waals surface area contributed by atoms with E-state index in [9.17, 15) is 9.59 Å². The van der Waals surface area contributed by atoms with Crippen molar-refractivity contribution in [2.45, 2.75) is 40.5 Å². The normalized spacial score (nSPS) is 13.2. The topological polar surface area (TPSA) is 108 Å². The van der Waals surface area contributed by atoms with Gasteiger partial charge in [0.1, 0.15) is 0 Å². The van der Waals surface area contributed by atoms with Crippen LogP contribution in [0.25, 0.3) is 11.3 Å². The number of benzene rings is 2. The number of halogens is 1. The molecular formula is C31H36BrN3O6S. The van der Waals surface area contributed by atoms with E-state index >= 15 is 0 Å². The number of carbonyl (C=O) groups excluding carboxylic acids is 2. The Hall–Kier alpha value is -3.83. The number of esters is 2. The zero-order valence-corrected chi connectivity index (χ0v) is 27.3. The lowest BCUT2D eigenvalue weighted by Gasteiger charge is -2.31. The van der Waals surface area contributed by atoms with Crippen LogP contribution in [0.1, 0.15) is 44.1 Å². The maximum absolute atomic E-state index is 13.3. The number of anilines is 2. The minimum Gasteiger partial charge on any atom is -0.493 e. The van der Waals surface area contributed by atoms with Crippen molar-refractivity contribution in [3.05, 3.63) is 75.4 Å². The molecule has 224 valence electrons. The van der Waals surface area contributed by atoms with Gasteiger partial charge in [-0.1, -0.05) is 18.2 Å². The molecule has 2 aromatic carbocycles. The molecule has 0 radical (unpaired) electrons. The van der Waals surface area contributed by atoms with Gasteiger partial charge < -0.3 is 29.6 Å². The fourth-order valence-electron chi connectivity index (χ4n) is 4.94. The highest BCUT2D eigenvalue weighted by Crippen LogP contribution is 2.43. The number of thiazole rings is 1. The number of allylic oxidation sites excluding steroid dienone is 2. The third-order valence-electron chi connectivity index (χ3n) is 6.72. The summed E-state index contributed by atoms with van der Waals surface area (Å²) in [6.07, 6.45) is 0. The molecule has 0 saturated carbocycles. The van der Waals surface area contributed by atoms with Gasteiger partial charge in [-0.25, -0.2) is 14.6 Å². The molecule has 0 spiro atoms. The molecule has 2 N–H and O–H groups in total. The number of carbonyl (C=O) groups is 2. The van der Waals surface area contributed by atoms with Gasteiger partial charge in [0, 0.05) is 27.5 Å². The summed E-state index contributed by atoms with van der Waals surface area (Å²) in [6, 6.07) is 13.3. The number of aryl methyl sites for hydroxylation is 1. The summed E-state index contributed by atoms with van der Waals surface area (Å²) >= 11 is 1.50. The van der Waals surface area contributed by atoms with Crippen molar-refractivity contribution >= 4 is 51.1 Å². The van der Waals surface area contributed by atoms with Crippen molar-refractivity contribution in [3.8, 4) is 22.8 Å². The van der Waals surface area contributed by atoms with Gasteiger partial charge in [0.25, 0.3) is 0 Å². The van der Waals surface area contributed by atoms with Crippen molar-refractivity contribution in [2.24, 2.45) is 0 Å². The minimum atomic E-state index is -0.718. The summed E-state index contributed by atoms with van der Waals surface area (Å²) < 4.78 is 21.7. The summed E-state index contributed by atoms with van der Waals surface area (Å²) in [6.45, 7) is 9.53. The van der Waals surface area contributed by atoms with Crippen LogP contribution in [0.2, 0.25) is 0 Å². The highest BCUT2D eigenvalue weighted by atomic mass is 79.9. The van der Waals surface area contributed by atoms with Crippen molar-refractivity contribution in [1.29, 1.82) is 0 Å². The van der Waals surface area contributed by atoms with Crippen LogP contribution in [0.4, 0.5) is 10.8 Å². The zero-order valence-electron chi connectivity index (χ0n) is 24.7. The fraction of sp³-hybridized carbons (Fsp3) is 0.323. The predicted octanol–water partition coefficient (Wildman–Crippen LogP) is 6.82. The molecule has 11 heteroatoms. The summed E-state index contributed by atoms with van der Waals surface area (Å²) in [5, 5.41) is 7.29. The average Bonchev–Trinajstić information content (AvgIpc) is 3.32. The number of ether oxygens (including phenoxy) is 4. The van der Waals surface area contributed by atoms with E-state index in [1.54, 1.807) is 41.9 Å². The molecule has 0 unspecified atom stereocenters. The number of nitrogens with zero attached hydrogens (tertiary/aromatic N) is 1. The largest absolute Gasteiger partial charge is 0.493 e.